The Morgan fingerprint density at radius 3 is 2.59 bits per heavy atom. The second kappa shape index (κ2) is 14.5. The lowest BCUT2D eigenvalue weighted by Crippen LogP contribution is -2.56. The lowest BCUT2D eigenvalue weighted by Gasteiger charge is -2.46. The Labute approximate surface area is 232 Å². The Balaban J connectivity index is 2.04. The molecule has 2 rings (SSSR count). The van der Waals surface area contributed by atoms with E-state index in [1.165, 1.54) is 4.90 Å². The predicted octanol–water partition coefficient (Wildman–Crippen LogP) is 2.16. The highest BCUT2D eigenvalue weighted by molar-refractivity contribution is 6.43. The summed E-state index contributed by atoms with van der Waals surface area (Å²) in [7, 11) is -1.79. The highest BCUT2D eigenvalue weighted by Crippen LogP contribution is 2.35. The van der Waals surface area contributed by atoms with Crippen LogP contribution in [-0.2, 0) is 20.7 Å². The normalized spacial score (nSPS) is 19.1. The van der Waals surface area contributed by atoms with Crippen molar-refractivity contribution in [2.75, 3.05) is 32.8 Å². The summed E-state index contributed by atoms with van der Waals surface area (Å²) in [5.74, 6) is -1.35. The molecule has 0 radical (unpaired) electrons. The maximum absolute atomic E-state index is 13.8. The van der Waals surface area contributed by atoms with Gasteiger partial charge in [0.05, 0.1) is 31.3 Å². The zero-order chi connectivity index (χ0) is 29.2. The van der Waals surface area contributed by atoms with E-state index < -0.39 is 36.1 Å². The molecule has 4 atom stereocenters. The molecule has 0 bridgehead atoms. The molecule has 1 aliphatic rings. The van der Waals surface area contributed by atoms with Gasteiger partial charge in [0, 0.05) is 24.7 Å². The second-order valence-corrected chi connectivity index (χ2v) is 11.0. The lowest BCUT2D eigenvalue weighted by atomic mass is 9.76. The SMILES string of the molecule is C=CC(C)N(CCOC(=O)N[C@@H](Cc1ccccc1)B(O)O)C(=O)C(C)(C#N)CC(C)(C)N1CCO[C@@H](C)C1. The average molecular weight is 542 g/mol. The zero-order valence-corrected chi connectivity index (χ0v) is 23.8. The molecule has 0 aromatic heterocycles. The average Bonchev–Trinajstić information content (AvgIpc) is 2.90. The standard InChI is InChI=1S/C28H43BN4O6/c1-7-21(2)33(14-16-39-26(35)31-24(29(36)37)17-23-11-9-8-10-12-23)25(34)28(6,20-30)19-27(4,5)32-13-15-38-22(3)18-32/h7-12,21-22,24,36-37H,1,13-19H2,2-6H3,(H,31,35)/t21?,22-,24-,28?/m0/s1. The number of benzene rings is 1. The third-order valence-corrected chi connectivity index (χ3v) is 7.22. The Morgan fingerprint density at radius 1 is 1.36 bits per heavy atom. The quantitative estimate of drug-likeness (QED) is 0.255. The van der Waals surface area contributed by atoms with Crippen LogP contribution in [0, 0.1) is 16.7 Å². The van der Waals surface area contributed by atoms with E-state index in [0.29, 0.717) is 19.6 Å². The summed E-state index contributed by atoms with van der Waals surface area (Å²) >= 11 is 0. The Bertz CT molecular complexity index is 1000. The molecule has 10 nitrogen and oxygen atoms in total. The molecule has 1 fully saturated rings. The van der Waals surface area contributed by atoms with Gasteiger partial charge in [-0.25, -0.2) is 4.79 Å². The smallest absolute Gasteiger partial charge is 0.448 e. The number of carbonyl (C=O) groups is 2. The Morgan fingerprint density at radius 2 is 2.03 bits per heavy atom. The molecule has 1 saturated heterocycles. The predicted molar refractivity (Wildman–Crippen MR) is 149 cm³/mol. The first-order chi connectivity index (χ1) is 18.3. The minimum atomic E-state index is -1.79. The van der Waals surface area contributed by atoms with Gasteiger partial charge in [-0.3, -0.25) is 9.69 Å². The first kappa shape index (κ1) is 32.3. The molecule has 1 heterocycles. The van der Waals surface area contributed by atoms with Crippen LogP contribution in [0.1, 0.15) is 46.6 Å². The van der Waals surface area contributed by atoms with Crippen molar-refractivity contribution in [2.24, 2.45) is 5.41 Å². The number of rotatable bonds is 13. The van der Waals surface area contributed by atoms with Gasteiger partial charge >= 0.3 is 13.2 Å². The third kappa shape index (κ3) is 9.36. The van der Waals surface area contributed by atoms with Crippen LogP contribution in [0.5, 0.6) is 0 Å². The summed E-state index contributed by atoms with van der Waals surface area (Å²) in [6.45, 7) is 15.2. The summed E-state index contributed by atoms with van der Waals surface area (Å²) in [5.41, 5.74) is -0.944. The highest BCUT2D eigenvalue weighted by atomic mass is 16.5. The van der Waals surface area contributed by atoms with E-state index in [1.807, 2.05) is 51.1 Å². The van der Waals surface area contributed by atoms with Crippen molar-refractivity contribution in [3.05, 3.63) is 48.6 Å². The van der Waals surface area contributed by atoms with E-state index in [1.54, 1.807) is 19.9 Å². The molecule has 2 unspecified atom stereocenters. The molecule has 0 spiro atoms. The molecule has 1 aliphatic heterocycles. The lowest BCUT2D eigenvalue weighted by molar-refractivity contribution is -0.142. The highest BCUT2D eigenvalue weighted by Gasteiger charge is 2.45. The number of nitrogens with one attached hydrogen (secondary N) is 1. The molecule has 214 valence electrons. The van der Waals surface area contributed by atoms with E-state index in [0.717, 1.165) is 12.1 Å². The van der Waals surface area contributed by atoms with Gasteiger partial charge in [0.15, 0.2) is 0 Å². The van der Waals surface area contributed by atoms with Crippen molar-refractivity contribution in [3.63, 3.8) is 0 Å². The number of nitriles is 1. The van der Waals surface area contributed by atoms with Gasteiger partial charge in [-0.05, 0) is 53.0 Å². The van der Waals surface area contributed by atoms with Crippen molar-refractivity contribution in [1.29, 1.82) is 5.26 Å². The molecule has 3 N–H and O–H groups in total. The zero-order valence-electron chi connectivity index (χ0n) is 23.8. The minimum absolute atomic E-state index is 0.0384. The topological polar surface area (TPSA) is 135 Å². The van der Waals surface area contributed by atoms with E-state index in [-0.39, 0.29) is 31.6 Å². The number of morpholine rings is 1. The summed E-state index contributed by atoms with van der Waals surface area (Å²) in [6, 6.07) is 10.9. The van der Waals surface area contributed by atoms with E-state index >= 15 is 0 Å². The first-order valence-corrected chi connectivity index (χ1v) is 13.4. The van der Waals surface area contributed by atoms with Gasteiger partial charge in [0.2, 0.25) is 5.91 Å². The van der Waals surface area contributed by atoms with Crippen LogP contribution in [0.2, 0.25) is 0 Å². The van der Waals surface area contributed by atoms with Crippen LogP contribution in [0.15, 0.2) is 43.0 Å². The molecule has 1 aromatic carbocycles. The van der Waals surface area contributed by atoms with Crippen molar-refractivity contribution < 1.29 is 29.1 Å². The summed E-state index contributed by atoms with van der Waals surface area (Å²) in [5, 5.41) is 32.0. The minimum Gasteiger partial charge on any atom is -0.448 e. The Kier molecular flexibility index (Phi) is 12.0. The van der Waals surface area contributed by atoms with Crippen molar-refractivity contribution in [2.45, 2.75) is 71.1 Å². The molecule has 1 aromatic rings. The maximum Gasteiger partial charge on any atom is 0.475 e. The van der Waals surface area contributed by atoms with E-state index in [2.05, 4.69) is 22.9 Å². The second-order valence-electron chi connectivity index (χ2n) is 11.0. The fraction of sp³-hybridized carbons (Fsp3) is 0.607. The fourth-order valence-electron chi connectivity index (χ4n) is 4.97. The van der Waals surface area contributed by atoms with Crippen LogP contribution in [0.3, 0.4) is 0 Å². The van der Waals surface area contributed by atoms with Crippen LogP contribution in [0.25, 0.3) is 0 Å². The maximum atomic E-state index is 13.8. The van der Waals surface area contributed by atoms with Crippen LogP contribution in [0.4, 0.5) is 4.79 Å². The van der Waals surface area contributed by atoms with E-state index in [4.69, 9.17) is 9.47 Å². The summed E-state index contributed by atoms with van der Waals surface area (Å²) < 4.78 is 10.9. The molecule has 39 heavy (non-hydrogen) atoms. The summed E-state index contributed by atoms with van der Waals surface area (Å²) in [6.07, 6.45) is 1.33. The van der Waals surface area contributed by atoms with Crippen molar-refractivity contribution in [1.82, 2.24) is 15.1 Å². The molecular weight excluding hydrogens is 499 g/mol. The van der Waals surface area contributed by atoms with Crippen molar-refractivity contribution >= 4 is 19.1 Å². The van der Waals surface area contributed by atoms with Gasteiger partial charge in [-0.2, -0.15) is 5.26 Å². The number of ether oxygens (including phenoxy) is 2. The molecule has 2 amide bonds. The molecule has 0 aliphatic carbocycles. The largest absolute Gasteiger partial charge is 0.475 e. The number of alkyl carbamates (subject to hydrolysis) is 1. The van der Waals surface area contributed by atoms with Gasteiger partial charge in [0.1, 0.15) is 12.0 Å². The third-order valence-electron chi connectivity index (χ3n) is 7.22. The Hall–Kier alpha value is -2.91. The molecule has 11 heteroatoms. The monoisotopic (exact) mass is 542 g/mol. The van der Waals surface area contributed by atoms with Gasteiger partial charge in [-0.15, -0.1) is 6.58 Å². The van der Waals surface area contributed by atoms with Crippen LogP contribution < -0.4 is 5.32 Å². The van der Waals surface area contributed by atoms with Gasteiger partial charge in [-0.1, -0.05) is 36.4 Å². The van der Waals surface area contributed by atoms with Crippen LogP contribution >= 0.6 is 0 Å². The number of nitrogens with zero attached hydrogens (tertiary/aromatic N) is 3. The van der Waals surface area contributed by atoms with Gasteiger partial charge < -0.3 is 29.7 Å². The first-order valence-electron chi connectivity index (χ1n) is 13.4. The van der Waals surface area contributed by atoms with Crippen molar-refractivity contribution in [3.8, 4) is 6.07 Å². The van der Waals surface area contributed by atoms with Crippen LogP contribution in [-0.4, -0.2) is 95.4 Å². The molecular formula is C28H43BN4O6. The number of hydrogen-bond acceptors (Lipinski definition) is 8. The number of amides is 2. The van der Waals surface area contributed by atoms with E-state index in [9.17, 15) is 24.9 Å². The summed E-state index contributed by atoms with van der Waals surface area (Å²) in [4.78, 5) is 29.9. The number of carbonyl (C=O) groups excluding carboxylic acids is 2. The fourth-order valence-corrected chi connectivity index (χ4v) is 4.97. The van der Waals surface area contributed by atoms with Gasteiger partial charge in [0.25, 0.3) is 0 Å². The molecule has 0 saturated carbocycles. The number of hydrogen-bond donors (Lipinski definition) is 3.